The van der Waals surface area contributed by atoms with Gasteiger partial charge in [-0.2, -0.15) is 0 Å². The van der Waals surface area contributed by atoms with Crippen LogP contribution >= 0.6 is 0 Å². The second-order valence-corrected chi connectivity index (χ2v) is 3.79. The van der Waals surface area contributed by atoms with Crippen LogP contribution in [0.2, 0.25) is 0 Å². The molecule has 7 heteroatoms. The van der Waals surface area contributed by atoms with Crippen LogP contribution in [-0.2, 0) is 4.74 Å². The number of methoxy groups -OCH3 is 2. The molecule has 20 heavy (non-hydrogen) atoms. The Kier molecular flexibility index (Phi) is 3.99. The Hall–Kier alpha value is -2.83. The first-order valence-corrected chi connectivity index (χ1v) is 5.72. The van der Waals surface area contributed by atoms with Gasteiger partial charge in [-0.3, -0.25) is 4.79 Å². The monoisotopic (exact) mass is 275 g/mol. The van der Waals surface area contributed by atoms with E-state index >= 15 is 0 Å². The molecule has 104 valence electrons. The third kappa shape index (κ3) is 2.77. The number of hydrogen-bond acceptors (Lipinski definition) is 5. The van der Waals surface area contributed by atoms with Crippen LogP contribution in [0, 0.1) is 0 Å². The SMILES string of the molecule is COC(=O)c1c(/C=C/c2ncc[nH]2)[nH]c(OC)cc1=O. The predicted molar refractivity (Wildman–Crippen MR) is 72.5 cm³/mol. The third-order valence-electron chi connectivity index (χ3n) is 2.57. The van der Waals surface area contributed by atoms with E-state index in [0.29, 0.717) is 5.82 Å². The normalized spacial score (nSPS) is 10.7. The molecule has 0 atom stereocenters. The molecule has 0 saturated heterocycles. The van der Waals surface area contributed by atoms with Crippen molar-refractivity contribution in [2.24, 2.45) is 0 Å². The summed E-state index contributed by atoms with van der Waals surface area (Å²) in [5.74, 6) is 0.124. The number of carbonyl (C=O) groups excluding carboxylic acids is 1. The van der Waals surface area contributed by atoms with Crippen molar-refractivity contribution >= 4 is 18.1 Å². The molecule has 0 fully saturated rings. The number of carbonyl (C=O) groups is 1. The minimum absolute atomic E-state index is 0.0869. The van der Waals surface area contributed by atoms with Crippen molar-refractivity contribution < 1.29 is 14.3 Å². The first-order chi connectivity index (χ1) is 9.65. The van der Waals surface area contributed by atoms with E-state index in [4.69, 9.17) is 4.74 Å². The van der Waals surface area contributed by atoms with Crippen molar-refractivity contribution in [1.29, 1.82) is 0 Å². The fourth-order valence-electron chi connectivity index (χ4n) is 1.63. The molecule has 0 saturated carbocycles. The van der Waals surface area contributed by atoms with Gasteiger partial charge in [0.05, 0.1) is 19.9 Å². The van der Waals surface area contributed by atoms with E-state index in [1.165, 1.54) is 20.3 Å². The number of imidazole rings is 1. The number of nitrogens with one attached hydrogen (secondary N) is 2. The lowest BCUT2D eigenvalue weighted by atomic mass is 10.1. The number of rotatable bonds is 4. The molecule has 0 unspecified atom stereocenters. The number of pyridine rings is 1. The van der Waals surface area contributed by atoms with E-state index < -0.39 is 11.4 Å². The smallest absolute Gasteiger partial charge is 0.344 e. The Bertz CT molecular complexity index is 686. The van der Waals surface area contributed by atoms with Crippen LogP contribution in [0.5, 0.6) is 5.88 Å². The number of aromatic amines is 2. The molecule has 2 aromatic heterocycles. The van der Waals surface area contributed by atoms with Crippen LogP contribution in [-0.4, -0.2) is 35.1 Å². The minimum atomic E-state index is -0.715. The molecule has 0 aliphatic heterocycles. The van der Waals surface area contributed by atoms with Crippen molar-refractivity contribution in [1.82, 2.24) is 15.0 Å². The summed E-state index contributed by atoms with van der Waals surface area (Å²) in [4.78, 5) is 33.3. The zero-order chi connectivity index (χ0) is 14.5. The van der Waals surface area contributed by atoms with Gasteiger partial charge in [0.25, 0.3) is 0 Å². The van der Waals surface area contributed by atoms with E-state index in [9.17, 15) is 9.59 Å². The Morgan fingerprint density at radius 2 is 2.15 bits per heavy atom. The highest BCUT2D eigenvalue weighted by Crippen LogP contribution is 2.12. The maximum absolute atomic E-state index is 11.9. The van der Waals surface area contributed by atoms with Gasteiger partial charge in [0.15, 0.2) is 5.88 Å². The number of ether oxygens (including phenoxy) is 2. The van der Waals surface area contributed by atoms with Crippen molar-refractivity contribution in [3.8, 4) is 5.88 Å². The molecule has 0 spiro atoms. The molecule has 2 N–H and O–H groups in total. The lowest BCUT2D eigenvalue weighted by Crippen LogP contribution is -2.19. The molecule has 0 aliphatic carbocycles. The Balaban J connectivity index is 2.51. The van der Waals surface area contributed by atoms with E-state index in [2.05, 4.69) is 19.7 Å². The summed E-state index contributed by atoms with van der Waals surface area (Å²) in [6, 6.07) is 1.19. The lowest BCUT2D eigenvalue weighted by molar-refractivity contribution is 0.0598. The molecule has 0 bridgehead atoms. The summed E-state index contributed by atoms with van der Waals surface area (Å²) in [6.45, 7) is 0. The van der Waals surface area contributed by atoms with Crippen LogP contribution in [0.1, 0.15) is 21.9 Å². The standard InChI is InChI=1S/C13H13N3O4/c1-19-11-7-9(17)12(13(18)20-2)8(16-11)3-4-10-14-5-6-15-10/h3-7H,1-2H3,(H,14,15)(H,16,17)/b4-3+. The molecule has 2 aromatic rings. The summed E-state index contributed by atoms with van der Waals surface area (Å²) in [7, 11) is 2.63. The van der Waals surface area contributed by atoms with Crippen LogP contribution in [0.3, 0.4) is 0 Å². The first-order valence-electron chi connectivity index (χ1n) is 5.72. The highest BCUT2D eigenvalue weighted by atomic mass is 16.5. The van der Waals surface area contributed by atoms with Gasteiger partial charge >= 0.3 is 5.97 Å². The zero-order valence-corrected chi connectivity index (χ0v) is 11.0. The molecule has 0 radical (unpaired) electrons. The Morgan fingerprint density at radius 3 is 2.75 bits per heavy atom. The van der Waals surface area contributed by atoms with E-state index in [1.54, 1.807) is 24.5 Å². The summed E-state index contributed by atoms with van der Waals surface area (Å²) in [5.41, 5.74) is -0.278. The van der Waals surface area contributed by atoms with Crippen LogP contribution < -0.4 is 10.2 Å². The van der Waals surface area contributed by atoms with Gasteiger partial charge in [-0.1, -0.05) is 0 Å². The van der Waals surface area contributed by atoms with Gasteiger partial charge in [0.2, 0.25) is 5.43 Å². The topological polar surface area (TPSA) is 97.1 Å². The molecule has 7 nitrogen and oxygen atoms in total. The molecular weight excluding hydrogens is 262 g/mol. The van der Waals surface area contributed by atoms with Crippen molar-refractivity contribution in [2.45, 2.75) is 0 Å². The predicted octanol–water partition coefficient (Wildman–Crippen LogP) is 1.06. The summed E-state index contributed by atoms with van der Waals surface area (Å²) < 4.78 is 9.59. The molecular formula is C13H13N3O4. The number of esters is 1. The molecule has 0 aromatic carbocycles. The molecule has 2 heterocycles. The van der Waals surface area contributed by atoms with E-state index in [-0.39, 0.29) is 17.1 Å². The second kappa shape index (κ2) is 5.87. The largest absolute Gasteiger partial charge is 0.482 e. The average Bonchev–Trinajstić information content (AvgIpc) is 2.97. The number of hydrogen-bond donors (Lipinski definition) is 2. The summed E-state index contributed by atoms with van der Waals surface area (Å²) >= 11 is 0. The Labute approximate surface area is 114 Å². The Morgan fingerprint density at radius 1 is 1.35 bits per heavy atom. The third-order valence-corrected chi connectivity index (χ3v) is 2.57. The zero-order valence-electron chi connectivity index (χ0n) is 11.0. The van der Waals surface area contributed by atoms with Gasteiger partial charge in [-0.15, -0.1) is 0 Å². The summed E-state index contributed by atoms with van der Waals surface area (Å²) in [5, 5.41) is 0. The highest BCUT2D eigenvalue weighted by Gasteiger charge is 2.16. The fourth-order valence-corrected chi connectivity index (χ4v) is 1.63. The maximum Gasteiger partial charge on any atom is 0.344 e. The highest BCUT2D eigenvalue weighted by molar-refractivity contribution is 5.93. The molecule has 0 amide bonds. The fraction of sp³-hybridized carbons (Fsp3) is 0.154. The molecule has 2 rings (SSSR count). The second-order valence-electron chi connectivity index (χ2n) is 3.79. The minimum Gasteiger partial charge on any atom is -0.482 e. The average molecular weight is 275 g/mol. The maximum atomic E-state index is 11.9. The van der Waals surface area contributed by atoms with Crippen molar-refractivity contribution in [3.05, 3.63) is 45.8 Å². The van der Waals surface area contributed by atoms with Crippen molar-refractivity contribution in [2.75, 3.05) is 14.2 Å². The summed E-state index contributed by atoms with van der Waals surface area (Å²) in [6.07, 6.45) is 6.43. The van der Waals surface area contributed by atoms with E-state index in [0.717, 1.165) is 0 Å². The van der Waals surface area contributed by atoms with Gasteiger partial charge < -0.3 is 19.4 Å². The first kappa shape index (κ1) is 13.6. The van der Waals surface area contributed by atoms with Crippen LogP contribution in [0.15, 0.2) is 23.3 Å². The van der Waals surface area contributed by atoms with Crippen LogP contribution in [0.4, 0.5) is 0 Å². The number of H-pyrrole nitrogens is 2. The lowest BCUT2D eigenvalue weighted by Gasteiger charge is -2.06. The number of aromatic nitrogens is 3. The van der Waals surface area contributed by atoms with Crippen molar-refractivity contribution in [3.63, 3.8) is 0 Å². The van der Waals surface area contributed by atoms with Gasteiger partial charge in [0, 0.05) is 18.5 Å². The quantitative estimate of drug-likeness (QED) is 0.813. The van der Waals surface area contributed by atoms with Gasteiger partial charge in [0.1, 0.15) is 11.4 Å². The molecule has 0 aliphatic rings. The van der Waals surface area contributed by atoms with Gasteiger partial charge in [-0.05, 0) is 12.2 Å². The van der Waals surface area contributed by atoms with Crippen LogP contribution in [0.25, 0.3) is 12.2 Å². The van der Waals surface area contributed by atoms with Gasteiger partial charge in [-0.25, -0.2) is 9.78 Å². The number of nitrogens with zero attached hydrogens (tertiary/aromatic N) is 1. The van der Waals surface area contributed by atoms with E-state index in [1.807, 2.05) is 0 Å².